The van der Waals surface area contributed by atoms with Gasteiger partial charge in [-0.15, -0.1) is 0 Å². The molecule has 33 heavy (non-hydrogen) atoms. The first-order valence-electron chi connectivity index (χ1n) is 10.3. The monoisotopic (exact) mass is 581 g/mol. The maximum absolute atomic E-state index is 12.7. The minimum absolute atomic E-state index is 0.228. The summed E-state index contributed by atoms with van der Waals surface area (Å²) in [5.74, 6) is -0.0620. The normalized spacial score (nSPS) is 15.6. The molecule has 1 heterocycles. The van der Waals surface area contributed by atoms with Crippen molar-refractivity contribution < 1.29 is 28.6 Å². The molecule has 0 bridgehead atoms. The highest BCUT2D eigenvalue weighted by molar-refractivity contribution is 14.1. The van der Waals surface area contributed by atoms with Gasteiger partial charge < -0.3 is 14.2 Å². The van der Waals surface area contributed by atoms with Crippen LogP contribution in [0.4, 0.5) is 4.79 Å². The molecule has 174 valence electrons. The van der Waals surface area contributed by atoms with Crippen molar-refractivity contribution in [2.45, 2.75) is 33.0 Å². The predicted molar refractivity (Wildman–Crippen MR) is 135 cm³/mol. The molecular weight excluding hydrogens is 557 g/mol. The summed E-state index contributed by atoms with van der Waals surface area (Å²) in [5, 5.41) is -0.503. The van der Waals surface area contributed by atoms with Crippen molar-refractivity contribution in [3.05, 3.63) is 62.1 Å². The molecule has 1 fully saturated rings. The van der Waals surface area contributed by atoms with E-state index in [4.69, 9.17) is 14.2 Å². The Morgan fingerprint density at radius 3 is 2.55 bits per heavy atom. The van der Waals surface area contributed by atoms with Gasteiger partial charge in [-0.2, -0.15) is 0 Å². The molecule has 0 spiro atoms. The number of carbonyl (C=O) groups excluding carboxylic acids is 3. The fourth-order valence-corrected chi connectivity index (χ4v) is 4.09. The van der Waals surface area contributed by atoms with Crippen molar-refractivity contribution in [3.63, 3.8) is 0 Å². The average molecular weight is 581 g/mol. The first kappa shape index (κ1) is 25.1. The number of hydrogen-bond acceptors (Lipinski definition) is 7. The summed E-state index contributed by atoms with van der Waals surface area (Å²) in [7, 11) is 1.54. The molecule has 0 aromatic heterocycles. The van der Waals surface area contributed by atoms with Crippen molar-refractivity contribution in [2.24, 2.45) is 0 Å². The van der Waals surface area contributed by atoms with Gasteiger partial charge in [0, 0.05) is 3.57 Å². The number of hydrogen-bond donors (Lipinski definition) is 0. The molecule has 1 aliphatic rings. The van der Waals surface area contributed by atoms with E-state index in [-0.39, 0.29) is 11.0 Å². The van der Waals surface area contributed by atoms with Crippen LogP contribution in [-0.4, -0.2) is 41.8 Å². The highest BCUT2D eigenvalue weighted by Gasteiger charge is 2.36. The molecule has 1 atom stereocenters. The number of thioether (sulfide) groups is 1. The number of methoxy groups -OCH3 is 1. The van der Waals surface area contributed by atoms with Crippen molar-refractivity contribution in [3.8, 4) is 11.5 Å². The van der Waals surface area contributed by atoms with E-state index in [1.54, 1.807) is 31.2 Å². The van der Waals surface area contributed by atoms with Crippen LogP contribution in [0.3, 0.4) is 0 Å². The SMILES string of the molecule is CC[C@@H](C)OC(=O)CN1C(=O)S/C(=C\c2ccc(OCc3ccc(I)cc3)c(OC)c2)C1=O. The quantitative estimate of drug-likeness (QED) is 0.227. The maximum atomic E-state index is 12.7. The standard InChI is InChI=1S/C24H24INO6S/c1-4-15(2)32-22(27)13-26-23(28)21(33-24(26)29)12-17-7-10-19(20(11-17)30-3)31-14-16-5-8-18(25)9-6-16/h5-12,15H,4,13-14H2,1-3H3/b21-12-/t15-/m1/s1. The number of rotatable bonds is 9. The van der Waals surface area contributed by atoms with Crippen molar-refractivity contribution in [1.82, 2.24) is 4.90 Å². The van der Waals surface area contributed by atoms with Crippen LogP contribution in [0, 0.1) is 3.57 Å². The summed E-state index contributed by atoms with van der Waals surface area (Å²) in [6.45, 7) is 3.62. The van der Waals surface area contributed by atoms with Crippen molar-refractivity contribution >= 4 is 57.5 Å². The zero-order chi connectivity index (χ0) is 24.0. The second-order valence-corrected chi connectivity index (χ2v) is 9.54. The number of benzene rings is 2. The number of esters is 1. The van der Waals surface area contributed by atoms with Crippen LogP contribution in [0.2, 0.25) is 0 Å². The summed E-state index contributed by atoms with van der Waals surface area (Å²) in [6, 6.07) is 13.3. The van der Waals surface area contributed by atoms with E-state index in [0.717, 1.165) is 25.8 Å². The van der Waals surface area contributed by atoms with Gasteiger partial charge in [-0.25, -0.2) is 0 Å². The highest BCUT2D eigenvalue weighted by atomic mass is 127. The number of halogens is 1. The van der Waals surface area contributed by atoms with Crippen molar-refractivity contribution in [1.29, 1.82) is 0 Å². The fourth-order valence-electron chi connectivity index (χ4n) is 2.90. The molecule has 0 saturated carbocycles. The zero-order valence-corrected chi connectivity index (χ0v) is 21.5. The van der Waals surface area contributed by atoms with Gasteiger partial charge >= 0.3 is 5.97 Å². The van der Waals surface area contributed by atoms with Crippen LogP contribution in [0.25, 0.3) is 6.08 Å². The van der Waals surface area contributed by atoms with E-state index >= 15 is 0 Å². The summed E-state index contributed by atoms with van der Waals surface area (Å²) < 4.78 is 17.6. The molecule has 3 rings (SSSR count). The Hall–Kier alpha value is -2.53. The van der Waals surface area contributed by atoms with E-state index in [2.05, 4.69) is 22.6 Å². The third-order valence-electron chi connectivity index (χ3n) is 4.86. The van der Waals surface area contributed by atoms with Crippen LogP contribution >= 0.6 is 34.4 Å². The molecule has 0 aliphatic carbocycles. The summed E-state index contributed by atoms with van der Waals surface area (Å²) in [6.07, 6.45) is 1.97. The molecule has 9 heteroatoms. The summed E-state index contributed by atoms with van der Waals surface area (Å²) >= 11 is 3.04. The second-order valence-electron chi connectivity index (χ2n) is 7.30. The molecule has 1 saturated heterocycles. The minimum atomic E-state index is -0.607. The molecule has 2 aromatic rings. The van der Waals surface area contributed by atoms with Gasteiger partial charge in [-0.3, -0.25) is 19.3 Å². The van der Waals surface area contributed by atoms with Gasteiger partial charge in [0.05, 0.1) is 18.1 Å². The molecule has 1 aliphatic heterocycles. The third-order valence-corrected chi connectivity index (χ3v) is 6.49. The molecule has 2 amide bonds. The van der Waals surface area contributed by atoms with E-state index in [9.17, 15) is 14.4 Å². The summed E-state index contributed by atoms with van der Waals surface area (Å²) in [5.41, 5.74) is 1.70. The smallest absolute Gasteiger partial charge is 0.326 e. The zero-order valence-electron chi connectivity index (χ0n) is 18.5. The topological polar surface area (TPSA) is 82.1 Å². The Morgan fingerprint density at radius 2 is 1.88 bits per heavy atom. The Balaban J connectivity index is 1.69. The van der Waals surface area contributed by atoms with Gasteiger partial charge in [0.25, 0.3) is 11.1 Å². The summed E-state index contributed by atoms with van der Waals surface area (Å²) in [4.78, 5) is 38.1. The highest BCUT2D eigenvalue weighted by Crippen LogP contribution is 2.34. The molecule has 0 N–H and O–H groups in total. The van der Waals surface area contributed by atoms with Gasteiger partial charge in [-0.1, -0.05) is 25.1 Å². The van der Waals surface area contributed by atoms with Crippen LogP contribution in [-0.2, 0) is 20.9 Å². The fraction of sp³-hybridized carbons (Fsp3) is 0.292. The molecule has 0 radical (unpaired) electrons. The first-order chi connectivity index (χ1) is 15.8. The van der Waals surface area contributed by atoms with Gasteiger partial charge in [-0.05, 0) is 89.2 Å². The van der Waals surface area contributed by atoms with Crippen molar-refractivity contribution in [2.75, 3.05) is 13.7 Å². The first-order valence-corrected chi connectivity index (χ1v) is 12.2. The number of carbonyl (C=O) groups is 3. The lowest BCUT2D eigenvalue weighted by molar-refractivity contribution is -0.150. The number of ether oxygens (including phenoxy) is 3. The van der Waals surface area contributed by atoms with Gasteiger partial charge in [0.2, 0.25) is 0 Å². The Labute approximate surface area is 210 Å². The lowest BCUT2D eigenvalue weighted by Gasteiger charge is -2.14. The molecule has 0 unspecified atom stereocenters. The van der Waals surface area contributed by atoms with E-state index in [0.29, 0.717) is 30.1 Å². The van der Waals surface area contributed by atoms with E-state index in [1.807, 2.05) is 31.2 Å². The van der Waals surface area contributed by atoms with Crippen LogP contribution in [0.15, 0.2) is 47.4 Å². The van der Waals surface area contributed by atoms with E-state index in [1.165, 1.54) is 7.11 Å². The molecule has 2 aromatic carbocycles. The van der Waals surface area contributed by atoms with Crippen LogP contribution < -0.4 is 9.47 Å². The number of amides is 2. The molecular formula is C24H24INO6S. The predicted octanol–water partition coefficient (Wildman–Crippen LogP) is 5.26. The van der Waals surface area contributed by atoms with Crippen LogP contribution in [0.5, 0.6) is 11.5 Å². The Kier molecular flexibility index (Phi) is 8.79. The largest absolute Gasteiger partial charge is 0.493 e. The van der Waals surface area contributed by atoms with E-state index < -0.39 is 23.7 Å². The lowest BCUT2D eigenvalue weighted by Crippen LogP contribution is -2.35. The average Bonchev–Trinajstić information content (AvgIpc) is 3.06. The second kappa shape index (κ2) is 11.6. The third kappa shape index (κ3) is 6.73. The molecule has 7 nitrogen and oxygen atoms in total. The van der Waals surface area contributed by atoms with Crippen LogP contribution in [0.1, 0.15) is 31.4 Å². The minimum Gasteiger partial charge on any atom is -0.493 e. The maximum Gasteiger partial charge on any atom is 0.326 e. The Morgan fingerprint density at radius 1 is 1.15 bits per heavy atom. The Bertz CT molecular complexity index is 1070. The van der Waals surface area contributed by atoms with Gasteiger partial charge in [0.1, 0.15) is 13.2 Å². The lowest BCUT2D eigenvalue weighted by atomic mass is 10.1. The van der Waals surface area contributed by atoms with Gasteiger partial charge in [0.15, 0.2) is 11.5 Å². The number of nitrogens with zero attached hydrogens (tertiary/aromatic N) is 1. The number of imide groups is 1.